The van der Waals surface area contributed by atoms with Crippen LogP contribution in [-0.4, -0.2) is 11.8 Å². The molecule has 1 atom stereocenters. The van der Waals surface area contributed by atoms with E-state index in [4.69, 9.17) is 17.3 Å². The average molecular weight is 150 g/mol. The number of hydrogen-bond donors (Lipinski definition) is 1. The maximum Gasteiger partial charge on any atom is 0.217 e. The Kier molecular flexibility index (Phi) is 4.50. The van der Waals surface area contributed by atoms with Crippen LogP contribution in [0.25, 0.3) is 0 Å². The smallest absolute Gasteiger partial charge is 0.217 e. The van der Waals surface area contributed by atoms with Gasteiger partial charge in [-0.05, 0) is 5.92 Å². The third-order valence-corrected chi connectivity index (χ3v) is 1.72. The zero-order valence-electron chi connectivity index (χ0n) is 5.56. The molecule has 0 rings (SSSR count). The van der Waals surface area contributed by atoms with Crippen LogP contribution < -0.4 is 5.73 Å². The molecule has 0 aliphatic rings. The number of carbonyl (C=O) groups is 1. The van der Waals surface area contributed by atoms with Crippen LogP contribution in [0.2, 0.25) is 0 Å². The van der Waals surface area contributed by atoms with Gasteiger partial charge in [-0.3, -0.25) is 4.79 Å². The summed E-state index contributed by atoms with van der Waals surface area (Å²) in [6.07, 6.45) is 1.34. The topological polar surface area (TPSA) is 43.1 Å². The molecule has 9 heavy (non-hydrogen) atoms. The molecular weight excluding hydrogens is 138 g/mol. The van der Waals surface area contributed by atoms with E-state index in [2.05, 4.69) is 0 Å². The van der Waals surface area contributed by atoms with Gasteiger partial charge in [0.05, 0.1) is 0 Å². The number of primary amides is 1. The summed E-state index contributed by atoms with van der Waals surface area (Å²) in [5, 5.41) is 0. The molecule has 3 heteroatoms. The van der Waals surface area contributed by atoms with Gasteiger partial charge in [0.1, 0.15) is 0 Å². The molecule has 0 aliphatic carbocycles. The summed E-state index contributed by atoms with van der Waals surface area (Å²) in [7, 11) is 0. The van der Waals surface area contributed by atoms with Crippen molar-refractivity contribution in [3.05, 3.63) is 0 Å². The van der Waals surface area contributed by atoms with Gasteiger partial charge < -0.3 is 5.73 Å². The Balaban J connectivity index is 3.43. The zero-order valence-corrected chi connectivity index (χ0v) is 6.32. The van der Waals surface area contributed by atoms with E-state index in [1.54, 1.807) is 0 Å². The van der Waals surface area contributed by atoms with Gasteiger partial charge in [0.15, 0.2) is 0 Å². The number of amides is 1. The predicted molar refractivity (Wildman–Crippen MR) is 38.3 cm³/mol. The number of halogens is 1. The lowest BCUT2D eigenvalue weighted by molar-refractivity contribution is -0.118. The van der Waals surface area contributed by atoms with Gasteiger partial charge in [0, 0.05) is 12.3 Å². The van der Waals surface area contributed by atoms with Gasteiger partial charge in [-0.1, -0.05) is 13.3 Å². The molecule has 2 N–H and O–H groups in total. The van der Waals surface area contributed by atoms with Gasteiger partial charge >= 0.3 is 0 Å². The van der Waals surface area contributed by atoms with Crippen molar-refractivity contribution in [2.75, 3.05) is 5.88 Å². The monoisotopic (exact) mass is 149 g/mol. The highest BCUT2D eigenvalue weighted by Gasteiger charge is 2.06. The lowest BCUT2D eigenvalue weighted by Crippen LogP contribution is -2.16. The fraction of sp³-hybridized carbons (Fsp3) is 0.833. The summed E-state index contributed by atoms with van der Waals surface area (Å²) >= 11 is 5.50. The standard InChI is InChI=1S/C6H12ClNO/c1-2-5(4-7)3-6(8)9/h5H,2-4H2,1H3,(H2,8,9). The van der Waals surface area contributed by atoms with Crippen molar-refractivity contribution >= 4 is 17.5 Å². The predicted octanol–water partition coefficient (Wildman–Crippen LogP) is 1.13. The average Bonchev–Trinajstić information content (AvgIpc) is 1.82. The van der Waals surface area contributed by atoms with Crippen LogP contribution in [0.4, 0.5) is 0 Å². The van der Waals surface area contributed by atoms with Crippen LogP contribution in [0.1, 0.15) is 19.8 Å². The molecular formula is C6H12ClNO. The van der Waals surface area contributed by atoms with Crippen LogP contribution in [0, 0.1) is 5.92 Å². The molecule has 0 heterocycles. The Hall–Kier alpha value is -0.240. The molecule has 1 amide bonds. The van der Waals surface area contributed by atoms with Crippen molar-refractivity contribution in [3.63, 3.8) is 0 Å². The minimum atomic E-state index is -0.262. The van der Waals surface area contributed by atoms with Gasteiger partial charge in [0.25, 0.3) is 0 Å². The third kappa shape index (κ3) is 4.28. The molecule has 54 valence electrons. The summed E-state index contributed by atoms with van der Waals surface area (Å²) in [4.78, 5) is 10.3. The summed E-state index contributed by atoms with van der Waals surface area (Å²) < 4.78 is 0. The number of hydrogen-bond acceptors (Lipinski definition) is 1. The first-order valence-corrected chi connectivity index (χ1v) is 3.58. The van der Waals surface area contributed by atoms with E-state index in [9.17, 15) is 4.79 Å². The van der Waals surface area contributed by atoms with Crippen LogP contribution in [0.3, 0.4) is 0 Å². The quantitative estimate of drug-likeness (QED) is 0.599. The first kappa shape index (κ1) is 8.76. The fourth-order valence-electron chi connectivity index (χ4n) is 0.593. The molecule has 0 aliphatic heterocycles. The van der Waals surface area contributed by atoms with Gasteiger partial charge in [-0.2, -0.15) is 0 Å². The van der Waals surface area contributed by atoms with E-state index in [1.807, 2.05) is 6.92 Å². The molecule has 0 aromatic rings. The van der Waals surface area contributed by atoms with Crippen LogP contribution in [-0.2, 0) is 4.79 Å². The van der Waals surface area contributed by atoms with Crippen LogP contribution in [0.15, 0.2) is 0 Å². The number of rotatable bonds is 4. The zero-order chi connectivity index (χ0) is 7.28. The maximum atomic E-state index is 10.3. The van der Waals surface area contributed by atoms with Gasteiger partial charge in [-0.25, -0.2) is 0 Å². The number of carbonyl (C=O) groups excluding carboxylic acids is 1. The minimum absolute atomic E-state index is 0.262. The van der Waals surface area contributed by atoms with Crippen molar-refractivity contribution in [1.82, 2.24) is 0 Å². The SMILES string of the molecule is CCC(CCl)CC(N)=O. The highest BCUT2D eigenvalue weighted by Crippen LogP contribution is 2.08. The van der Waals surface area contributed by atoms with Crippen molar-refractivity contribution in [1.29, 1.82) is 0 Å². The van der Waals surface area contributed by atoms with Crippen LogP contribution in [0.5, 0.6) is 0 Å². The molecule has 0 spiro atoms. The Bertz CT molecular complexity index is 91.1. The second-order valence-corrected chi connectivity index (χ2v) is 2.41. The first-order valence-electron chi connectivity index (χ1n) is 3.05. The Morgan fingerprint density at radius 2 is 2.33 bits per heavy atom. The number of alkyl halides is 1. The molecule has 0 aromatic heterocycles. The largest absolute Gasteiger partial charge is 0.370 e. The molecule has 0 saturated carbocycles. The van der Waals surface area contributed by atoms with Gasteiger partial charge in [-0.15, -0.1) is 11.6 Å². The van der Waals surface area contributed by atoms with E-state index in [-0.39, 0.29) is 11.8 Å². The molecule has 0 saturated heterocycles. The Morgan fingerprint density at radius 3 is 2.44 bits per heavy atom. The molecule has 0 aromatic carbocycles. The second kappa shape index (κ2) is 4.62. The van der Waals surface area contributed by atoms with Crippen molar-refractivity contribution in [2.45, 2.75) is 19.8 Å². The van der Waals surface area contributed by atoms with E-state index in [1.165, 1.54) is 0 Å². The summed E-state index contributed by atoms with van der Waals surface area (Å²) in [6.45, 7) is 2.00. The van der Waals surface area contributed by atoms with E-state index >= 15 is 0 Å². The third-order valence-electron chi connectivity index (χ3n) is 1.29. The first-order chi connectivity index (χ1) is 4.20. The Labute approximate surface area is 60.4 Å². The highest BCUT2D eigenvalue weighted by atomic mass is 35.5. The van der Waals surface area contributed by atoms with Crippen molar-refractivity contribution in [3.8, 4) is 0 Å². The minimum Gasteiger partial charge on any atom is -0.370 e. The molecule has 0 radical (unpaired) electrons. The van der Waals surface area contributed by atoms with Crippen LogP contribution >= 0.6 is 11.6 Å². The summed E-state index contributed by atoms with van der Waals surface area (Å²) in [5.74, 6) is 0.533. The Morgan fingerprint density at radius 1 is 1.78 bits per heavy atom. The molecule has 1 unspecified atom stereocenters. The number of nitrogens with two attached hydrogens (primary N) is 1. The maximum absolute atomic E-state index is 10.3. The molecule has 2 nitrogen and oxygen atoms in total. The summed E-state index contributed by atoms with van der Waals surface area (Å²) in [6, 6.07) is 0. The molecule has 0 fully saturated rings. The normalized spacial score (nSPS) is 13.1. The highest BCUT2D eigenvalue weighted by molar-refractivity contribution is 6.18. The van der Waals surface area contributed by atoms with E-state index in [0.29, 0.717) is 12.3 Å². The summed E-state index contributed by atoms with van der Waals surface area (Å²) in [5.41, 5.74) is 4.95. The molecule has 0 bridgehead atoms. The van der Waals surface area contributed by atoms with Gasteiger partial charge in [0.2, 0.25) is 5.91 Å². The van der Waals surface area contributed by atoms with E-state index in [0.717, 1.165) is 6.42 Å². The van der Waals surface area contributed by atoms with Crippen molar-refractivity contribution in [2.24, 2.45) is 11.7 Å². The fourth-order valence-corrected chi connectivity index (χ4v) is 0.920. The second-order valence-electron chi connectivity index (χ2n) is 2.10. The lowest BCUT2D eigenvalue weighted by atomic mass is 10.1. The lowest BCUT2D eigenvalue weighted by Gasteiger charge is -2.05. The van der Waals surface area contributed by atoms with Crippen molar-refractivity contribution < 1.29 is 4.79 Å². The van der Waals surface area contributed by atoms with E-state index < -0.39 is 0 Å².